The summed E-state index contributed by atoms with van der Waals surface area (Å²) >= 11 is 2.67. The third-order valence-electron chi connectivity index (χ3n) is 2.02. The van der Waals surface area contributed by atoms with Crippen LogP contribution in [0, 0.1) is 5.37 Å². The van der Waals surface area contributed by atoms with Gasteiger partial charge in [-0.3, -0.25) is 4.90 Å². The minimum Gasteiger partial charge on any atom is -0.391 e. The van der Waals surface area contributed by atoms with Crippen molar-refractivity contribution in [3.63, 3.8) is 0 Å². The fraction of sp³-hybridized carbons (Fsp3) is 0.714. The molecule has 1 atom stereocenters. The van der Waals surface area contributed by atoms with Gasteiger partial charge in [0, 0.05) is 13.1 Å². The molecule has 0 amide bonds. The Morgan fingerprint density at radius 2 is 1.92 bits per heavy atom. The Labute approximate surface area is 85.8 Å². The zero-order valence-corrected chi connectivity index (χ0v) is 8.87. The standard InChI is InChI=1S/C7H13N2O2S2/c8-6(12)7(13(10)11)9-4-2-1-3-5-9/h1-5H2,(H2,8,12)(H,10,11). The maximum Gasteiger partial charge on any atom is 0.213 e. The van der Waals surface area contributed by atoms with Crippen LogP contribution < -0.4 is 5.73 Å². The third kappa shape index (κ3) is 2.98. The van der Waals surface area contributed by atoms with E-state index in [-0.39, 0.29) is 10.4 Å². The van der Waals surface area contributed by atoms with Crippen molar-refractivity contribution in [2.24, 2.45) is 5.73 Å². The first-order valence-electron chi connectivity index (χ1n) is 4.15. The van der Waals surface area contributed by atoms with Crippen LogP contribution in [-0.4, -0.2) is 31.7 Å². The van der Waals surface area contributed by atoms with Crippen LogP contribution >= 0.6 is 12.2 Å². The Morgan fingerprint density at radius 3 is 2.31 bits per heavy atom. The Hall–Kier alpha value is -0.0400. The number of piperidine rings is 1. The van der Waals surface area contributed by atoms with Gasteiger partial charge in [-0.05, 0) is 12.8 Å². The highest BCUT2D eigenvalue weighted by atomic mass is 32.2. The van der Waals surface area contributed by atoms with Crippen LogP contribution in [0.2, 0.25) is 0 Å². The summed E-state index contributed by atoms with van der Waals surface area (Å²) in [5, 5.41) is 0.203. The van der Waals surface area contributed by atoms with Crippen molar-refractivity contribution in [1.82, 2.24) is 4.90 Å². The van der Waals surface area contributed by atoms with Crippen LogP contribution in [0.25, 0.3) is 0 Å². The molecule has 3 N–H and O–H groups in total. The summed E-state index contributed by atoms with van der Waals surface area (Å²) in [6.07, 6.45) is 3.23. The summed E-state index contributed by atoms with van der Waals surface area (Å²) in [4.78, 5) is 1.84. The number of likely N-dealkylation sites (tertiary alicyclic amines) is 1. The summed E-state index contributed by atoms with van der Waals surface area (Å²) in [6.45, 7) is 1.55. The lowest BCUT2D eigenvalue weighted by Gasteiger charge is -2.30. The second-order valence-electron chi connectivity index (χ2n) is 2.97. The Bertz CT molecular complexity index is 203. The number of hydrogen-bond acceptors (Lipinski definition) is 3. The van der Waals surface area contributed by atoms with E-state index in [1.807, 2.05) is 4.90 Å². The summed E-state index contributed by atoms with van der Waals surface area (Å²) in [5.41, 5.74) is 5.37. The largest absolute Gasteiger partial charge is 0.391 e. The van der Waals surface area contributed by atoms with Gasteiger partial charge in [0.1, 0.15) is 4.99 Å². The molecule has 6 heteroatoms. The topological polar surface area (TPSA) is 66.6 Å². The molecule has 1 saturated heterocycles. The SMILES string of the molecule is NC(=S)[C](N1CCCCC1)S(=O)O. The molecule has 1 fully saturated rings. The average Bonchev–Trinajstić information content (AvgIpc) is 2.04. The van der Waals surface area contributed by atoms with E-state index in [9.17, 15) is 4.21 Å². The molecule has 1 aliphatic heterocycles. The van der Waals surface area contributed by atoms with E-state index in [1.54, 1.807) is 0 Å². The first-order chi connectivity index (χ1) is 6.13. The van der Waals surface area contributed by atoms with E-state index in [0.29, 0.717) is 0 Å². The molecule has 0 saturated carbocycles. The van der Waals surface area contributed by atoms with Crippen LogP contribution in [0.3, 0.4) is 0 Å². The first kappa shape index (κ1) is 11.0. The van der Waals surface area contributed by atoms with Crippen molar-refractivity contribution in [2.45, 2.75) is 19.3 Å². The fourth-order valence-electron chi connectivity index (χ4n) is 1.45. The van der Waals surface area contributed by atoms with Gasteiger partial charge in [-0.2, -0.15) is 0 Å². The lowest BCUT2D eigenvalue weighted by Crippen LogP contribution is -2.42. The quantitative estimate of drug-likeness (QED) is 0.535. The van der Waals surface area contributed by atoms with Crippen molar-refractivity contribution in [3.05, 3.63) is 5.37 Å². The number of hydrogen-bond donors (Lipinski definition) is 2. The van der Waals surface area contributed by atoms with Crippen LogP contribution in [0.15, 0.2) is 0 Å². The molecule has 0 spiro atoms. The molecule has 4 nitrogen and oxygen atoms in total. The monoisotopic (exact) mass is 221 g/mol. The Kier molecular flexibility index (Phi) is 4.24. The molecule has 1 radical (unpaired) electrons. The van der Waals surface area contributed by atoms with E-state index in [0.717, 1.165) is 25.9 Å². The van der Waals surface area contributed by atoms with E-state index >= 15 is 0 Å². The van der Waals surface area contributed by atoms with Gasteiger partial charge in [-0.25, -0.2) is 4.21 Å². The lowest BCUT2D eigenvalue weighted by atomic mass is 10.1. The smallest absolute Gasteiger partial charge is 0.213 e. The molecule has 1 rings (SSSR count). The minimum atomic E-state index is -2.05. The molecule has 0 aromatic rings. The molecule has 1 aliphatic rings. The van der Waals surface area contributed by atoms with Gasteiger partial charge in [-0.1, -0.05) is 18.6 Å². The summed E-state index contributed by atoms with van der Waals surface area (Å²) in [7, 11) is 0. The number of nitrogens with two attached hydrogens (primary N) is 1. The minimum absolute atomic E-state index is 0.0303. The first-order valence-corrected chi connectivity index (χ1v) is 5.67. The third-order valence-corrected chi connectivity index (χ3v) is 3.15. The molecule has 0 aliphatic carbocycles. The number of rotatable bonds is 3. The van der Waals surface area contributed by atoms with Crippen LogP contribution in [0.4, 0.5) is 0 Å². The van der Waals surface area contributed by atoms with Gasteiger partial charge in [0.25, 0.3) is 0 Å². The molecule has 0 bridgehead atoms. The summed E-state index contributed by atoms with van der Waals surface area (Å²) in [5.74, 6) is 0. The van der Waals surface area contributed by atoms with Gasteiger partial charge in [0.15, 0.2) is 11.1 Å². The van der Waals surface area contributed by atoms with Gasteiger partial charge >= 0.3 is 0 Å². The van der Waals surface area contributed by atoms with Crippen molar-refractivity contribution >= 4 is 28.3 Å². The number of nitrogens with zero attached hydrogens (tertiary/aromatic N) is 1. The Balaban J connectivity index is 2.62. The summed E-state index contributed by atoms with van der Waals surface area (Å²) in [6, 6.07) is 0. The van der Waals surface area contributed by atoms with Gasteiger partial charge in [0.2, 0.25) is 5.37 Å². The molecule has 0 aromatic heterocycles. The maximum absolute atomic E-state index is 10.9. The zero-order chi connectivity index (χ0) is 9.84. The molecule has 1 heterocycles. The van der Waals surface area contributed by atoms with Gasteiger partial charge in [0.05, 0.1) is 0 Å². The average molecular weight is 221 g/mol. The van der Waals surface area contributed by atoms with Gasteiger partial charge < -0.3 is 10.3 Å². The molecular formula is C7H13N2O2S2. The van der Waals surface area contributed by atoms with E-state index in [1.165, 1.54) is 6.42 Å². The normalized spacial score (nSPS) is 21.7. The molecule has 75 valence electrons. The molecular weight excluding hydrogens is 208 g/mol. The predicted octanol–water partition coefficient (Wildman–Crippen LogP) is 0.470. The summed E-state index contributed by atoms with van der Waals surface area (Å²) < 4.78 is 19.9. The highest BCUT2D eigenvalue weighted by molar-refractivity contribution is 7.88. The highest BCUT2D eigenvalue weighted by Gasteiger charge is 2.29. The second kappa shape index (κ2) is 4.99. The van der Waals surface area contributed by atoms with Crippen molar-refractivity contribution in [2.75, 3.05) is 13.1 Å². The molecule has 1 unspecified atom stereocenters. The molecule has 0 aromatic carbocycles. The van der Waals surface area contributed by atoms with Crippen LogP contribution in [0.1, 0.15) is 19.3 Å². The second-order valence-corrected chi connectivity index (χ2v) is 4.29. The fourth-order valence-corrected chi connectivity index (χ4v) is 2.37. The van der Waals surface area contributed by atoms with Crippen LogP contribution in [-0.2, 0) is 11.1 Å². The van der Waals surface area contributed by atoms with Crippen LogP contribution in [0.5, 0.6) is 0 Å². The highest BCUT2D eigenvalue weighted by Crippen LogP contribution is 2.19. The van der Waals surface area contributed by atoms with E-state index < -0.39 is 11.1 Å². The van der Waals surface area contributed by atoms with Gasteiger partial charge in [-0.15, -0.1) is 0 Å². The molecule has 13 heavy (non-hydrogen) atoms. The van der Waals surface area contributed by atoms with Crippen molar-refractivity contribution in [1.29, 1.82) is 0 Å². The van der Waals surface area contributed by atoms with E-state index in [2.05, 4.69) is 0 Å². The zero-order valence-electron chi connectivity index (χ0n) is 7.23. The van der Waals surface area contributed by atoms with E-state index in [4.69, 9.17) is 22.5 Å². The predicted molar refractivity (Wildman–Crippen MR) is 56.2 cm³/mol. The number of thiocarbonyl (C=S) groups is 1. The Morgan fingerprint density at radius 1 is 1.38 bits per heavy atom. The van der Waals surface area contributed by atoms with Crippen molar-refractivity contribution < 1.29 is 8.76 Å². The maximum atomic E-state index is 10.9. The lowest BCUT2D eigenvalue weighted by molar-refractivity contribution is 0.278. The van der Waals surface area contributed by atoms with Crippen molar-refractivity contribution in [3.8, 4) is 0 Å².